The van der Waals surface area contributed by atoms with Crippen LogP contribution < -0.4 is 10.2 Å². The van der Waals surface area contributed by atoms with E-state index in [2.05, 4.69) is 15.2 Å². The third-order valence-corrected chi connectivity index (χ3v) is 5.28. The summed E-state index contributed by atoms with van der Waals surface area (Å²) >= 11 is 6.07. The molecule has 6 nitrogen and oxygen atoms in total. The molecule has 0 aliphatic carbocycles. The molecule has 3 aromatic rings. The fourth-order valence-electron chi connectivity index (χ4n) is 3.40. The van der Waals surface area contributed by atoms with Crippen LogP contribution in [0, 0.1) is 5.82 Å². The fraction of sp³-hybridized carbons (Fsp3) is 0.273. The van der Waals surface area contributed by atoms with E-state index in [1.165, 1.54) is 12.1 Å². The van der Waals surface area contributed by atoms with Crippen molar-refractivity contribution in [1.82, 2.24) is 15.2 Å². The van der Waals surface area contributed by atoms with Crippen LogP contribution in [-0.4, -0.2) is 48.6 Å². The van der Waals surface area contributed by atoms with Gasteiger partial charge in [-0.15, -0.1) is 0 Å². The molecule has 2 amide bonds. The zero-order chi connectivity index (χ0) is 20.9. The molecule has 30 heavy (non-hydrogen) atoms. The minimum absolute atomic E-state index is 0.0806. The Morgan fingerprint density at radius 3 is 2.63 bits per heavy atom. The summed E-state index contributed by atoms with van der Waals surface area (Å²) in [5, 5.41) is 3.65. The number of piperazine rings is 1. The number of hydrogen-bond donors (Lipinski definition) is 1. The van der Waals surface area contributed by atoms with Crippen molar-refractivity contribution in [1.29, 1.82) is 0 Å². The predicted molar refractivity (Wildman–Crippen MR) is 114 cm³/mol. The zero-order valence-electron chi connectivity index (χ0n) is 16.4. The van der Waals surface area contributed by atoms with Gasteiger partial charge in [0.2, 0.25) is 5.89 Å². The molecule has 8 heteroatoms. The number of carbonyl (C=O) groups is 1. The number of nitrogens with one attached hydrogen (secondary N) is 1. The molecule has 0 atom stereocenters. The molecule has 2 aromatic carbocycles. The molecule has 0 bridgehead atoms. The molecule has 0 spiro atoms. The van der Waals surface area contributed by atoms with E-state index < -0.39 is 0 Å². The summed E-state index contributed by atoms with van der Waals surface area (Å²) in [6, 6.07) is 13.6. The van der Waals surface area contributed by atoms with Crippen molar-refractivity contribution in [2.24, 2.45) is 0 Å². The first-order valence-corrected chi connectivity index (χ1v) is 10.2. The maximum absolute atomic E-state index is 13.0. The van der Waals surface area contributed by atoms with Gasteiger partial charge in [0.1, 0.15) is 12.1 Å². The lowest BCUT2D eigenvalue weighted by Crippen LogP contribution is -2.52. The highest BCUT2D eigenvalue weighted by Gasteiger charge is 2.21. The fourth-order valence-corrected chi connectivity index (χ4v) is 3.58. The van der Waals surface area contributed by atoms with E-state index in [0.717, 1.165) is 24.5 Å². The average molecular weight is 429 g/mol. The Labute approximate surface area is 179 Å². The van der Waals surface area contributed by atoms with Gasteiger partial charge >= 0.3 is 6.03 Å². The van der Waals surface area contributed by atoms with Crippen LogP contribution in [-0.2, 0) is 6.42 Å². The number of hydrogen-bond acceptors (Lipinski definition) is 4. The van der Waals surface area contributed by atoms with Crippen LogP contribution >= 0.6 is 11.6 Å². The monoisotopic (exact) mass is 428 g/mol. The average Bonchev–Trinajstić information content (AvgIpc) is 3.23. The standard InChI is InChI=1S/C22H22ClFN4O2/c23-17-2-1-3-20(14-17)27-10-12-28(13-11-27)22(29)25-9-8-19-15-30-21(26-19)16-4-6-18(24)7-5-16/h1-7,14-15H,8-13H2,(H,25,29). The largest absolute Gasteiger partial charge is 0.444 e. The van der Waals surface area contributed by atoms with Gasteiger partial charge in [-0.2, -0.15) is 0 Å². The quantitative estimate of drug-likeness (QED) is 0.661. The summed E-state index contributed by atoms with van der Waals surface area (Å²) in [6.45, 7) is 3.28. The zero-order valence-corrected chi connectivity index (χ0v) is 17.1. The Kier molecular flexibility index (Phi) is 6.18. The van der Waals surface area contributed by atoms with Gasteiger partial charge < -0.3 is 19.5 Å². The molecule has 1 aliphatic rings. The van der Waals surface area contributed by atoms with E-state index in [1.54, 1.807) is 18.4 Å². The van der Waals surface area contributed by atoms with E-state index in [4.69, 9.17) is 16.0 Å². The summed E-state index contributed by atoms with van der Waals surface area (Å²) in [5.41, 5.74) is 2.52. The second kappa shape index (κ2) is 9.17. The molecule has 4 rings (SSSR count). The molecule has 156 valence electrons. The summed E-state index contributed by atoms with van der Waals surface area (Å²) in [4.78, 5) is 20.9. The first-order valence-electron chi connectivity index (χ1n) is 9.82. The minimum atomic E-state index is -0.304. The van der Waals surface area contributed by atoms with Crippen LogP contribution in [0.3, 0.4) is 0 Å². The van der Waals surface area contributed by atoms with Crippen molar-refractivity contribution in [2.75, 3.05) is 37.6 Å². The highest BCUT2D eigenvalue weighted by Crippen LogP contribution is 2.21. The summed E-state index contributed by atoms with van der Waals surface area (Å²) in [5.74, 6) is 0.134. The lowest BCUT2D eigenvalue weighted by molar-refractivity contribution is 0.194. The number of carbonyl (C=O) groups excluding carboxylic acids is 1. The molecular weight excluding hydrogens is 407 g/mol. The number of urea groups is 1. The predicted octanol–water partition coefficient (Wildman–Crippen LogP) is 4.21. The Morgan fingerprint density at radius 2 is 1.90 bits per heavy atom. The van der Waals surface area contributed by atoms with Crippen molar-refractivity contribution >= 4 is 23.3 Å². The second-order valence-electron chi connectivity index (χ2n) is 7.09. The summed E-state index contributed by atoms with van der Waals surface area (Å²) < 4.78 is 18.5. The van der Waals surface area contributed by atoms with Gasteiger partial charge in [-0.3, -0.25) is 0 Å². The van der Waals surface area contributed by atoms with E-state index in [-0.39, 0.29) is 11.8 Å². The van der Waals surface area contributed by atoms with E-state index in [0.29, 0.717) is 42.5 Å². The molecule has 1 aromatic heterocycles. The number of halogens is 2. The third kappa shape index (κ3) is 4.91. The van der Waals surface area contributed by atoms with Crippen LogP contribution in [0.25, 0.3) is 11.5 Å². The highest BCUT2D eigenvalue weighted by molar-refractivity contribution is 6.30. The number of rotatable bonds is 5. The normalized spacial score (nSPS) is 14.1. The molecule has 0 saturated carbocycles. The minimum Gasteiger partial charge on any atom is -0.444 e. The third-order valence-electron chi connectivity index (χ3n) is 5.04. The van der Waals surface area contributed by atoms with Crippen molar-refractivity contribution in [3.63, 3.8) is 0 Å². The Bertz CT molecular complexity index is 1000. The van der Waals surface area contributed by atoms with E-state index in [1.807, 2.05) is 29.2 Å². The Hall–Kier alpha value is -3.06. The molecule has 1 saturated heterocycles. The number of amides is 2. The molecular formula is C22H22ClFN4O2. The van der Waals surface area contributed by atoms with Gasteiger partial charge in [-0.1, -0.05) is 17.7 Å². The van der Waals surface area contributed by atoms with Gasteiger partial charge in [0.15, 0.2) is 0 Å². The molecule has 1 fully saturated rings. The lowest BCUT2D eigenvalue weighted by atomic mass is 10.2. The number of oxazole rings is 1. The summed E-state index contributed by atoms with van der Waals surface area (Å²) in [7, 11) is 0. The lowest BCUT2D eigenvalue weighted by Gasteiger charge is -2.36. The molecule has 1 aliphatic heterocycles. The van der Waals surface area contributed by atoms with Gasteiger partial charge in [-0.05, 0) is 42.5 Å². The van der Waals surface area contributed by atoms with Crippen LogP contribution in [0.1, 0.15) is 5.69 Å². The highest BCUT2D eigenvalue weighted by atomic mass is 35.5. The Balaban J connectivity index is 1.22. The van der Waals surface area contributed by atoms with Crippen LogP contribution in [0.15, 0.2) is 59.2 Å². The first kappa shape index (κ1) is 20.2. The van der Waals surface area contributed by atoms with Crippen LogP contribution in [0.2, 0.25) is 5.02 Å². The maximum Gasteiger partial charge on any atom is 0.317 e. The van der Waals surface area contributed by atoms with Crippen molar-refractivity contribution < 1.29 is 13.6 Å². The topological polar surface area (TPSA) is 61.6 Å². The van der Waals surface area contributed by atoms with Gasteiger partial charge in [0.05, 0.1) is 5.69 Å². The molecule has 1 N–H and O–H groups in total. The van der Waals surface area contributed by atoms with E-state index in [9.17, 15) is 9.18 Å². The smallest absolute Gasteiger partial charge is 0.317 e. The molecule has 2 heterocycles. The maximum atomic E-state index is 13.0. The number of nitrogens with zero attached hydrogens (tertiary/aromatic N) is 3. The number of benzene rings is 2. The van der Waals surface area contributed by atoms with Crippen LogP contribution in [0.5, 0.6) is 0 Å². The molecule has 0 unspecified atom stereocenters. The van der Waals surface area contributed by atoms with Crippen molar-refractivity contribution in [2.45, 2.75) is 6.42 Å². The summed E-state index contributed by atoms with van der Waals surface area (Å²) in [6.07, 6.45) is 2.12. The van der Waals surface area contributed by atoms with E-state index >= 15 is 0 Å². The van der Waals surface area contributed by atoms with Crippen molar-refractivity contribution in [3.05, 3.63) is 71.3 Å². The molecule has 0 radical (unpaired) electrons. The first-order chi connectivity index (χ1) is 14.6. The number of aromatic nitrogens is 1. The Morgan fingerprint density at radius 1 is 1.13 bits per heavy atom. The van der Waals surface area contributed by atoms with Gasteiger partial charge in [-0.25, -0.2) is 14.2 Å². The van der Waals surface area contributed by atoms with Gasteiger partial charge in [0, 0.05) is 55.4 Å². The number of anilines is 1. The van der Waals surface area contributed by atoms with Crippen molar-refractivity contribution in [3.8, 4) is 11.5 Å². The second-order valence-corrected chi connectivity index (χ2v) is 7.52. The SMILES string of the molecule is O=C(NCCc1coc(-c2ccc(F)cc2)n1)N1CCN(c2cccc(Cl)c2)CC1. The van der Waals surface area contributed by atoms with Gasteiger partial charge in [0.25, 0.3) is 0 Å². The van der Waals surface area contributed by atoms with Crippen LogP contribution in [0.4, 0.5) is 14.9 Å².